The number of fused-ring (bicyclic) bond motifs is 1. The van der Waals surface area contributed by atoms with Gasteiger partial charge in [0.1, 0.15) is 5.52 Å². The summed E-state index contributed by atoms with van der Waals surface area (Å²) in [5.41, 5.74) is 2.71. The molecular weight excluding hydrogens is 188 g/mol. The van der Waals surface area contributed by atoms with Crippen molar-refractivity contribution in [3.8, 4) is 0 Å². The second-order valence-electron chi connectivity index (χ2n) is 3.75. The molecule has 0 aliphatic rings. The van der Waals surface area contributed by atoms with Crippen LogP contribution >= 0.6 is 0 Å². The van der Waals surface area contributed by atoms with Crippen LogP contribution in [0, 0.1) is 13.8 Å². The largest absolute Gasteiger partial charge is 0.287 e. The van der Waals surface area contributed by atoms with Gasteiger partial charge in [-0.25, -0.2) is 0 Å². The molecule has 3 heteroatoms. The molecule has 1 heterocycles. The molecule has 0 amide bonds. The Morgan fingerprint density at radius 1 is 1.33 bits per heavy atom. The van der Waals surface area contributed by atoms with E-state index in [4.69, 9.17) is 0 Å². The molecule has 15 heavy (non-hydrogen) atoms. The SMILES string of the molecule is CCn1nc2c(=O)ccc(C)cc2c1C. The summed E-state index contributed by atoms with van der Waals surface area (Å²) in [7, 11) is 0. The van der Waals surface area contributed by atoms with E-state index in [2.05, 4.69) is 5.10 Å². The molecule has 0 fully saturated rings. The lowest BCUT2D eigenvalue weighted by Crippen LogP contribution is -2.00. The molecule has 1 aromatic heterocycles. The second-order valence-corrected chi connectivity index (χ2v) is 3.75. The smallest absolute Gasteiger partial charge is 0.206 e. The van der Waals surface area contributed by atoms with Crippen LogP contribution < -0.4 is 5.43 Å². The fourth-order valence-electron chi connectivity index (χ4n) is 1.78. The Bertz CT molecular complexity index is 570. The molecule has 1 aromatic carbocycles. The first kappa shape index (κ1) is 9.90. The minimum atomic E-state index is -0.00611. The molecule has 0 radical (unpaired) electrons. The lowest BCUT2D eigenvalue weighted by molar-refractivity contribution is 0.647. The predicted molar refractivity (Wildman–Crippen MR) is 61.2 cm³/mol. The fourth-order valence-corrected chi connectivity index (χ4v) is 1.78. The third-order valence-corrected chi connectivity index (χ3v) is 2.66. The quantitative estimate of drug-likeness (QED) is 0.709. The van der Waals surface area contributed by atoms with Gasteiger partial charge in [-0.15, -0.1) is 0 Å². The summed E-state index contributed by atoms with van der Waals surface area (Å²) in [6.07, 6.45) is 0. The zero-order chi connectivity index (χ0) is 11.0. The summed E-state index contributed by atoms with van der Waals surface area (Å²) in [5.74, 6) is 0. The Morgan fingerprint density at radius 3 is 2.73 bits per heavy atom. The van der Waals surface area contributed by atoms with Crippen molar-refractivity contribution in [3.05, 3.63) is 39.7 Å². The first-order valence-electron chi connectivity index (χ1n) is 5.11. The van der Waals surface area contributed by atoms with E-state index in [0.29, 0.717) is 5.52 Å². The normalized spacial score (nSPS) is 10.9. The van der Waals surface area contributed by atoms with E-state index in [0.717, 1.165) is 23.2 Å². The van der Waals surface area contributed by atoms with Crippen LogP contribution in [-0.2, 0) is 6.54 Å². The lowest BCUT2D eigenvalue weighted by atomic mass is 10.2. The Kier molecular flexibility index (Phi) is 2.31. The number of hydrogen-bond donors (Lipinski definition) is 0. The molecule has 0 spiro atoms. The van der Waals surface area contributed by atoms with Crippen LogP contribution in [0.25, 0.3) is 10.9 Å². The van der Waals surface area contributed by atoms with Gasteiger partial charge in [0.05, 0.1) is 0 Å². The summed E-state index contributed by atoms with van der Waals surface area (Å²) in [4.78, 5) is 11.7. The van der Waals surface area contributed by atoms with Gasteiger partial charge >= 0.3 is 0 Å². The van der Waals surface area contributed by atoms with Crippen LogP contribution in [0.3, 0.4) is 0 Å². The van der Waals surface area contributed by atoms with Gasteiger partial charge in [0.2, 0.25) is 5.43 Å². The van der Waals surface area contributed by atoms with Gasteiger partial charge in [0.25, 0.3) is 0 Å². The molecular formula is C12H14N2O. The van der Waals surface area contributed by atoms with Crippen LogP contribution in [-0.4, -0.2) is 9.78 Å². The number of hydrogen-bond acceptors (Lipinski definition) is 2. The van der Waals surface area contributed by atoms with Crippen LogP contribution in [0.4, 0.5) is 0 Å². The number of aryl methyl sites for hydroxylation is 3. The molecule has 0 N–H and O–H groups in total. The van der Waals surface area contributed by atoms with Gasteiger partial charge < -0.3 is 0 Å². The molecule has 0 saturated carbocycles. The van der Waals surface area contributed by atoms with Gasteiger partial charge in [-0.3, -0.25) is 9.48 Å². The minimum absolute atomic E-state index is 0.00611. The average Bonchev–Trinajstić information content (AvgIpc) is 2.45. The van der Waals surface area contributed by atoms with E-state index >= 15 is 0 Å². The van der Waals surface area contributed by atoms with Crippen molar-refractivity contribution in [3.63, 3.8) is 0 Å². The van der Waals surface area contributed by atoms with Gasteiger partial charge in [0, 0.05) is 17.6 Å². The third kappa shape index (κ3) is 1.54. The molecule has 3 nitrogen and oxygen atoms in total. The molecule has 0 saturated heterocycles. The lowest BCUT2D eigenvalue weighted by Gasteiger charge is -1.96. The standard InChI is InChI=1S/C12H14N2O/c1-4-14-9(3)10-7-8(2)5-6-11(15)12(10)13-14/h5-7H,4H2,1-3H3. The summed E-state index contributed by atoms with van der Waals surface area (Å²) in [5, 5.41) is 5.28. The molecule has 0 unspecified atom stereocenters. The van der Waals surface area contributed by atoms with Gasteiger partial charge in [0.15, 0.2) is 0 Å². The van der Waals surface area contributed by atoms with Crippen LogP contribution in [0.2, 0.25) is 0 Å². The highest BCUT2D eigenvalue weighted by Gasteiger charge is 2.07. The molecule has 78 valence electrons. The number of rotatable bonds is 1. The summed E-state index contributed by atoms with van der Waals surface area (Å²) in [6, 6.07) is 5.44. The summed E-state index contributed by atoms with van der Waals surface area (Å²) < 4.78 is 1.87. The van der Waals surface area contributed by atoms with Gasteiger partial charge in [-0.2, -0.15) is 5.10 Å². The maximum atomic E-state index is 11.7. The van der Waals surface area contributed by atoms with E-state index in [-0.39, 0.29) is 5.43 Å². The van der Waals surface area contributed by atoms with E-state index < -0.39 is 0 Å². The highest BCUT2D eigenvalue weighted by Crippen LogP contribution is 2.14. The van der Waals surface area contributed by atoms with Crippen molar-refractivity contribution < 1.29 is 0 Å². The van der Waals surface area contributed by atoms with Crippen LogP contribution in [0.1, 0.15) is 18.2 Å². The number of nitrogens with zero attached hydrogens (tertiary/aromatic N) is 2. The first-order chi connectivity index (χ1) is 7.13. The van der Waals surface area contributed by atoms with Crippen molar-refractivity contribution in [2.24, 2.45) is 0 Å². The van der Waals surface area contributed by atoms with E-state index in [1.807, 2.05) is 37.6 Å². The number of aromatic nitrogens is 2. The van der Waals surface area contributed by atoms with Crippen LogP contribution in [0.15, 0.2) is 23.0 Å². The zero-order valence-corrected chi connectivity index (χ0v) is 9.24. The first-order valence-corrected chi connectivity index (χ1v) is 5.11. The minimum Gasteiger partial charge on any atom is -0.287 e. The Labute approximate surface area is 88.4 Å². The van der Waals surface area contributed by atoms with E-state index in [1.165, 1.54) is 0 Å². The fraction of sp³-hybridized carbons (Fsp3) is 0.333. The van der Waals surface area contributed by atoms with Crippen molar-refractivity contribution in [1.82, 2.24) is 9.78 Å². The molecule has 0 bridgehead atoms. The Hall–Kier alpha value is -1.64. The van der Waals surface area contributed by atoms with Gasteiger partial charge in [-0.05, 0) is 32.9 Å². The predicted octanol–water partition coefficient (Wildman–Crippen LogP) is 2.03. The Morgan fingerprint density at radius 2 is 2.07 bits per heavy atom. The van der Waals surface area contributed by atoms with Crippen molar-refractivity contribution in [1.29, 1.82) is 0 Å². The maximum Gasteiger partial charge on any atom is 0.206 e. The summed E-state index contributed by atoms with van der Waals surface area (Å²) in [6.45, 7) is 6.80. The Balaban J connectivity index is 2.98. The van der Waals surface area contributed by atoms with Crippen LogP contribution in [0.5, 0.6) is 0 Å². The molecule has 0 aliphatic heterocycles. The highest BCUT2D eigenvalue weighted by atomic mass is 16.1. The van der Waals surface area contributed by atoms with E-state index in [9.17, 15) is 4.79 Å². The van der Waals surface area contributed by atoms with Crippen molar-refractivity contribution in [2.75, 3.05) is 0 Å². The summed E-state index contributed by atoms with van der Waals surface area (Å²) >= 11 is 0. The topological polar surface area (TPSA) is 34.9 Å². The molecule has 0 atom stereocenters. The third-order valence-electron chi connectivity index (χ3n) is 2.66. The second kappa shape index (κ2) is 3.50. The zero-order valence-electron chi connectivity index (χ0n) is 9.24. The van der Waals surface area contributed by atoms with E-state index in [1.54, 1.807) is 6.07 Å². The molecule has 2 rings (SSSR count). The van der Waals surface area contributed by atoms with Gasteiger partial charge in [-0.1, -0.05) is 11.6 Å². The average molecular weight is 202 g/mol. The molecule has 2 aromatic rings. The molecule has 0 aliphatic carbocycles. The highest BCUT2D eigenvalue weighted by molar-refractivity contribution is 5.81. The van der Waals surface area contributed by atoms with Crippen molar-refractivity contribution in [2.45, 2.75) is 27.3 Å². The maximum absolute atomic E-state index is 11.7. The van der Waals surface area contributed by atoms with Crippen molar-refractivity contribution >= 4 is 10.9 Å². The monoisotopic (exact) mass is 202 g/mol.